The van der Waals surface area contributed by atoms with Crippen LogP contribution in [0.3, 0.4) is 0 Å². The van der Waals surface area contributed by atoms with E-state index in [4.69, 9.17) is 0 Å². The average molecular weight is 204 g/mol. The predicted octanol–water partition coefficient (Wildman–Crippen LogP) is 2.25. The van der Waals surface area contributed by atoms with E-state index in [1.165, 1.54) is 11.1 Å². The summed E-state index contributed by atoms with van der Waals surface area (Å²) in [6.07, 6.45) is 0.868. The molecule has 1 N–H and O–H groups in total. The van der Waals surface area contributed by atoms with Crippen molar-refractivity contribution in [3.63, 3.8) is 0 Å². The third kappa shape index (κ3) is 1.96. The molecule has 1 aromatic carbocycles. The van der Waals surface area contributed by atoms with Crippen molar-refractivity contribution in [3.05, 3.63) is 35.4 Å². The monoisotopic (exact) mass is 204 g/mol. The quantitative estimate of drug-likeness (QED) is 0.789. The molecular weight excluding hydrogens is 190 g/mol. The summed E-state index contributed by atoms with van der Waals surface area (Å²) in [5.74, 6) is 0.291. The van der Waals surface area contributed by atoms with Crippen LogP contribution in [0.15, 0.2) is 24.3 Å². The summed E-state index contributed by atoms with van der Waals surface area (Å²) in [7, 11) is 0. The first-order chi connectivity index (χ1) is 7.18. The van der Waals surface area contributed by atoms with Crippen LogP contribution in [0.5, 0.6) is 0 Å². The van der Waals surface area contributed by atoms with E-state index in [2.05, 4.69) is 17.4 Å². The largest absolute Gasteiger partial charge is 0.450 e. The highest BCUT2D eigenvalue weighted by Crippen LogP contribution is 2.35. The molecule has 15 heavy (non-hydrogen) atoms. The minimum Gasteiger partial charge on any atom is -0.315 e. The molecule has 2 atom stereocenters. The summed E-state index contributed by atoms with van der Waals surface area (Å²) in [5, 5.41) is 12.9. The second kappa shape index (κ2) is 3.93. The zero-order chi connectivity index (χ0) is 10.8. The fourth-order valence-corrected chi connectivity index (χ4v) is 2.40. The fraction of sp³-hybridized carbons (Fsp3) is 0.417. The Balaban J connectivity index is 2.16. The van der Waals surface area contributed by atoms with Gasteiger partial charge in [0, 0.05) is 12.0 Å². The van der Waals surface area contributed by atoms with Crippen molar-refractivity contribution in [1.82, 2.24) is 5.32 Å². The van der Waals surface area contributed by atoms with Gasteiger partial charge in [0.2, 0.25) is 0 Å². The molecule has 0 spiro atoms. The molecule has 0 aliphatic heterocycles. The molecule has 0 heterocycles. The number of carbonyl (C=O) groups excluding carboxylic acids is 1. The third-order valence-corrected chi connectivity index (χ3v) is 3.13. The molecule has 0 saturated carbocycles. The molecule has 0 aromatic heterocycles. The summed E-state index contributed by atoms with van der Waals surface area (Å²) < 4.78 is 0. The van der Waals surface area contributed by atoms with Gasteiger partial charge in [0.1, 0.15) is 0 Å². The first-order valence-electron chi connectivity index (χ1n) is 5.24. The van der Waals surface area contributed by atoms with E-state index >= 15 is 0 Å². The van der Waals surface area contributed by atoms with E-state index in [1.807, 2.05) is 19.1 Å². The molecule has 3 nitrogen and oxygen atoms in total. The number of rotatable bonds is 2. The van der Waals surface area contributed by atoms with Crippen LogP contribution in [-0.4, -0.2) is 12.1 Å². The minimum atomic E-state index is -1.19. The van der Waals surface area contributed by atoms with Gasteiger partial charge >= 0.3 is 6.09 Å². The predicted molar refractivity (Wildman–Crippen MR) is 56.2 cm³/mol. The van der Waals surface area contributed by atoms with Gasteiger partial charge in [-0.2, -0.15) is 0 Å². The molecule has 3 heteroatoms. The summed E-state index contributed by atoms with van der Waals surface area (Å²) in [6.45, 7) is 1.89. The van der Waals surface area contributed by atoms with E-state index in [-0.39, 0.29) is 6.04 Å². The molecular formula is C12H14NO2. The molecule has 79 valence electrons. The molecule has 1 amide bonds. The van der Waals surface area contributed by atoms with Crippen LogP contribution in [-0.2, 0) is 11.5 Å². The van der Waals surface area contributed by atoms with Crippen molar-refractivity contribution in [2.45, 2.75) is 31.7 Å². The lowest BCUT2D eigenvalue weighted by Crippen LogP contribution is -2.34. The third-order valence-electron chi connectivity index (χ3n) is 3.13. The Morgan fingerprint density at radius 1 is 1.47 bits per heavy atom. The van der Waals surface area contributed by atoms with Crippen LogP contribution >= 0.6 is 0 Å². The van der Waals surface area contributed by atoms with Gasteiger partial charge < -0.3 is 5.32 Å². The van der Waals surface area contributed by atoms with Crippen molar-refractivity contribution in [2.75, 3.05) is 0 Å². The maximum Gasteiger partial charge on any atom is 0.450 e. The molecule has 2 rings (SSSR count). The lowest BCUT2D eigenvalue weighted by atomic mass is 9.94. The van der Waals surface area contributed by atoms with Crippen LogP contribution in [0, 0.1) is 0 Å². The van der Waals surface area contributed by atoms with Gasteiger partial charge in [-0.15, -0.1) is 0 Å². The standard InChI is InChI=1S/C12H14NO2/c1-8(13-12(14)15)10-7-6-9-4-2-3-5-11(9)10/h2-5,8,10,13H,6-7H2,1H3. The number of hydrogen-bond acceptors (Lipinski definition) is 1. The first-order valence-corrected chi connectivity index (χ1v) is 5.24. The zero-order valence-electron chi connectivity index (χ0n) is 8.69. The average Bonchev–Trinajstić information content (AvgIpc) is 2.59. The Hall–Kier alpha value is -1.51. The zero-order valence-corrected chi connectivity index (χ0v) is 8.69. The lowest BCUT2D eigenvalue weighted by Gasteiger charge is -2.19. The van der Waals surface area contributed by atoms with Crippen molar-refractivity contribution in [3.8, 4) is 0 Å². The van der Waals surface area contributed by atoms with Crippen molar-refractivity contribution >= 4 is 6.09 Å². The van der Waals surface area contributed by atoms with E-state index in [0.717, 1.165) is 12.8 Å². The normalized spacial score (nSPS) is 20.7. The Bertz CT molecular complexity index is 376. The number of carbonyl (C=O) groups is 1. The maximum absolute atomic E-state index is 10.5. The Labute approximate surface area is 89.1 Å². The van der Waals surface area contributed by atoms with Gasteiger partial charge in [0.05, 0.1) is 0 Å². The SMILES string of the molecule is CC(NC([O])=O)C1CCc2ccccc21. The molecule has 0 saturated heterocycles. The lowest BCUT2D eigenvalue weighted by molar-refractivity contribution is 0.163. The van der Waals surface area contributed by atoms with Crippen molar-refractivity contribution in [2.24, 2.45) is 0 Å². The number of nitrogens with one attached hydrogen (secondary N) is 1. The van der Waals surface area contributed by atoms with Gasteiger partial charge in [-0.3, -0.25) is 0 Å². The number of aryl methyl sites for hydroxylation is 1. The molecule has 1 aliphatic carbocycles. The molecule has 0 fully saturated rings. The van der Waals surface area contributed by atoms with Gasteiger partial charge in [-0.1, -0.05) is 24.3 Å². The molecule has 0 bridgehead atoms. The minimum absolute atomic E-state index is 0.0707. The second-order valence-corrected chi connectivity index (χ2v) is 4.06. The summed E-state index contributed by atoms with van der Waals surface area (Å²) in [5.41, 5.74) is 2.62. The summed E-state index contributed by atoms with van der Waals surface area (Å²) in [4.78, 5) is 10.5. The van der Waals surface area contributed by atoms with E-state index in [9.17, 15) is 9.90 Å². The topological polar surface area (TPSA) is 49.0 Å². The highest BCUT2D eigenvalue weighted by molar-refractivity contribution is 5.64. The van der Waals surface area contributed by atoms with Crippen LogP contribution in [0.1, 0.15) is 30.4 Å². The molecule has 1 aromatic rings. The van der Waals surface area contributed by atoms with E-state index in [0.29, 0.717) is 5.92 Å². The van der Waals surface area contributed by atoms with Crippen LogP contribution in [0.4, 0.5) is 4.79 Å². The highest BCUT2D eigenvalue weighted by Gasteiger charge is 2.27. The highest BCUT2D eigenvalue weighted by atomic mass is 16.4. The van der Waals surface area contributed by atoms with Gasteiger partial charge in [-0.25, -0.2) is 9.90 Å². The van der Waals surface area contributed by atoms with Gasteiger partial charge in [0.15, 0.2) is 0 Å². The van der Waals surface area contributed by atoms with Crippen molar-refractivity contribution < 1.29 is 9.90 Å². The van der Waals surface area contributed by atoms with Crippen LogP contribution in [0.25, 0.3) is 0 Å². The van der Waals surface area contributed by atoms with Gasteiger partial charge in [0.25, 0.3) is 0 Å². The van der Waals surface area contributed by atoms with E-state index < -0.39 is 6.09 Å². The van der Waals surface area contributed by atoms with E-state index in [1.54, 1.807) is 0 Å². The Morgan fingerprint density at radius 2 is 2.20 bits per heavy atom. The molecule has 1 aliphatic rings. The number of benzene rings is 1. The Kier molecular flexibility index (Phi) is 2.62. The number of fused-ring (bicyclic) bond motifs is 1. The summed E-state index contributed by atoms with van der Waals surface area (Å²) >= 11 is 0. The van der Waals surface area contributed by atoms with Crippen LogP contribution in [0.2, 0.25) is 0 Å². The smallest absolute Gasteiger partial charge is 0.315 e. The number of hydrogen-bond donors (Lipinski definition) is 1. The maximum atomic E-state index is 10.5. The molecule has 1 radical (unpaired) electrons. The Morgan fingerprint density at radius 3 is 2.93 bits per heavy atom. The first kappa shape index (κ1) is 10.0. The van der Waals surface area contributed by atoms with Gasteiger partial charge in [-0.05, 0) is 30.9 Å². The van der Waals surface area contributed by atoms with Crippen molar-refractivity contribution in [1.29, 1.82) is 0 Å². The second-order valence-electron chi connectivity index (χ2n) is 4.06. The fourth-order valence-electron chi connectivity index (χ4n) is 2.40. The number of amides is 1. The molecule has 2 unspecified atom stereocenters. The summed E-state index contributed by atoms with van der Waals surface area (Å²) in [6, 6.07) is 8.15. The van der Waals surface area contributed by atoms with Crippen LogP contribution < -0.4 is 5.32 Å².